The molecule has 166 valence electrons. The Labute approximate surface area is 207 Å². The fraction of sp³-hybridized carbons (Fsp3) is 0. The van der Waals surface area contributed by atoms with Crippen LogP contribution in [-0.2, 0) is 0 Å². The smallest absolute Gasteiger partial charge is 0.326 e. The highest BCUT2D eigenvalue weighted by Gasteiger charge is 2.17. The lowest BCUT2D eigenvalue weighted by Gasteiger charge is -2.14. The number of benzene rings is 3. The molecule has 0 radical (unpaired) electrons. The van der Waals surface area contributed by atoms with E-state index < -0.39 is 11.9 Å². The molecule has 0 aliphatic rings. The second kappa shape index (κ2) is 9.80. The average molecular weight is 522 g/mol. The number of carbonyl (C=O) groups excluding carboxylic acids is 2. The molecule has 4 aromatic rings. The highest BCUT2D eigenvalue weighted by molar-refractivity contribution is 6.38. The Kier molecular flexibility index (Phi) is 6.85. The van der Waals surface area contributed by atoms with Gasteiger partial charge in [0.1, 0.15) is 12.1 Å². The average Bonchev–Trinajstić information content (AvgIpc) is 2.78. The van der Waals surface area contributed by atoms with Gasteiger partial charge in [0.2, 0.25) is 0 Å². The van der Waals surface area contributed by atoms with Crippen molar-refractivity contribution in [2.75, 3.05) is 5.32 Å². The molecule has 7 nitrogen and oxygen atoms in total. The van der Waals surface area contributed by atoms with Crippen LogP contribution in [0.25, 0.3) is 10.8 Å². The zero-order valence-corrected chi connectivity index (χ0v) is 19.4. The number of aromatic nitrogens is 2. The lowest BCUT2D eigenvalue weighted by Crippen LogP contribution is -2.35. The molecule has 0 bridgehead atoms. The summed E-state index contributed by atoms with van der Waals surface area (Å²) in [5.74, 6) is -0.100. The molecule has 0 unspecified atom stereocenters. The molecule has 0 spiro atoms. The summed E-state index contributed by atoms with van der Waals surface area (Å²) in [5, 5.41) is 7.04. The third-order valence-corrected chi connectivity index (χ3v) is 5.58. The number of nitrogens with one attached hydrogen (secondary N) is 2. The number of rotatable bonds is 4. The first kappa shape index (κ1) is 23.1. The summed E-state index contributed by atoms with van der Waals surface area (Å²) in [6, 6.07) is 12.9. The molecule has 33 heavy (non-hydrogen) atoms. The summed E-state index contributed by atoms with van der Waals surface area (Å²) < 4.78 is 5.97. The Morgan fingerprint density at radius 3 is 2.24 bits per heavy atom. The minimum atomic E-state index is -0.834. The number of hydrogen-bond acceptors (Lipinski definition) is 5. The number of urea groups is 1. The number of nitrogens with zero attached hydrogens (tertiary/aromatic N) is 2. The van der Waals surface area contributed by atoms with Crippen molar-refractivity contribution in [1.29, 1.82) is 0 Å². The fourth-order valence-electron chi connectivity index (χ4n) is 2.97. The van der Waals surface area contributed by atoms with Crippen LogP contribution in [0.4, 0.5) is 10.5 Å². The van der Waals surface area contributed by atoms with Gasteiger partial charge in [0.15, 0.2) is 11.4 Å². The third-order valence-electron chi connectivity index (χ3n) is 4.41. The zero-order chi connectivity index (χ0) is 23.5. The Morgan fingerprint density at radius 1 is 0.848 bits per heavy atom. The number of amides is 3. The number of fused-ring (bicyclic) bond motifs is 1. The Morgan fingerprint density at radius 2 is 1.55 bits per heavy atom. The SMILES string of the molecule is O=C(NC(=O)c1ncncc1Cl)Nc1cc(Cl)c(Oc2ccc(Cl)c3ccccc23)c(Cl)c1. The van der Waals surface area contributed by atoms with E-state index in [0.717, 1.165) is 17.1 Å². The first-order valence-corrected chi connectivity index (χ1v) is 10.8. The van der Waals surface area contributed by atoms with Gasteiger partial charge in [-0.15, -0.1) is 0 Å². The van der Waals surface area contributed by atoms with Gasteiger partial charge in [-0.25, -0.2) is 14.8 Å². The monoisotopic (exact) mass is 520 g/mol. The van der Waals surface area contributed by atoms with Crippen molar-refractivity contribution in [1.82, 2.24) is 15.3 Å². The van der Waals surface area contributed by atoms with Gasteiger partial charge >= 0.3 is 6.03 Å². The van der Waals surface area contributed by atoms with Gasteiger partial charge < -0.3 is 10.1 Å². The summed E-state index contributed by atoms with van der Waals surface area (Å²) in [7, 11) is 0. The minimum Gasteiger partial charge on any atom is -0.454 e. The van der Waals surface area contributed by atoms with Gasteiger partial charge in [0, 0.05) is 27.7 Å². The maximum Gasteiger partial charge on any atom is 0.326 e. The second-order valence-electron chi connectivity index (χ2n) is 6.59. The van der Waals surface area contributed by atoms with Crippen LogP contribution in [0.15, 0.2) is 61.1 Å². The molecule has 11 heteroatoms. The van der Waals surface area contributed by atoms with E-state index in [-0.39, 0.29) is 32.2 Å². The molecule has 0 saturated heterocycles. The molecule has 3 amide bonds. The number of ether oxygens (including phenoxy) is 1. The van der Waals surface area contributed by atoms with Gasteiger partial charge in [-0.1, -0.05) is 70.7 Å². The van der Waals surface area contributed by atoms with E-state index in [0.29, 0.717) is 10.8 Å². The highest BCUT2D eigenvalue weighted by atomic mass is 35.5. The summed E-state index contributed by atoms with van der Waals surface area (Å²) >= 11 is 24.8. The largest absolute Gasteiger partial charge is 0.454 e. The van der Waals surface area contributed by atoms with Crippen LogP contribution in [0.3, 0.4) is 0 Å². The van der Waals surface area contributed by atoms with Crippen molar-refractivity contribution in [2.45, 2.75) is 0 Å². The first-order valence-electron chi connectivity index (χ1n) is 9.25. The first-order chi connectivity index (χ1) is 15.8. The lowest BCUT2D eigenvalue weighted by molar-refractivity contribution is 0.0962. The molecular weight excluding hydrogens is 510 g/mol. The van der Waals surface area contributed by atoms with Gasteiger partial charge in [0.25, 0.3) is 5.91 Å². The molecule has 0 atom stereocenters. The molecule has 1 heterocycles. The van der Waals surface area contributed by atoms with Crippen LogP contribution in [-0.4, -0.2) is 21.9 Å². The van der Waals surface area contributed by atoms with E-state index in [1.165, 1.54) is 18.3 Å². The molecule has 3 aromatic carbocycles. The molecule has 2 N–H and O–H groups in total. The normalized spacial score (nSPS) is 10.7. The van der Waals surface area contributed by atoms with Crippen molar-refractivity contribution in [3.8, 4) is 11.5 Å². The van der Waals surface area contributed by atoms with Crippen LogP contribution in [0.2, 0.25) is 20.1 Å². The number of imide groups is 1. The fourth-order valence-corrected chi connectivity index (χ4v) is 3.95. The number of hydrogen-bond donors (Lipinski definition) is 2. The van der Waals surface area contributed by atoms with Gasteiger partial charge in [0.05, 0.1) is 15.1 Å². The van der Waals surface area contributed by atoms with E-state index >= 15 is 0 Å². The molecule has 0 aliphatic heterocycles. The van der Waals surface area contributed by atoms with E-state index in [2.05, 4.69) is 20.6 Å². The van der Waals surface area contributed by atoms with Gasteiger partial charge in [-0.05, 0) is 24.3 Å². The molecule has 0 fully saturated rings. The summed E-state index contributed by atoms with van der Waals surface area (Å²) in [6.07, 6.45) is 2.38. The number of anilines is 1. The van der Waals surface area contributed by atoms with E-state index in [4.69, 9.17) is 51.1 Å². The maximum atomic E-state index is 12.2. The molecular formula is C22H12Cl4N4O3. The minimum absolute atomic E-state index is 0.00474. The highest BCUT2D eigenvalue weighted by Crippen LogP contribution is 2.41. The van der Waals surface area contributed by atoms with Crippen molar-refractivity contribution in [3.05, 3.63) is 86.8 Å². The van der Waals surface area contributed by atoms with E-state index in [1.54, 1.807) is 12.1 Å². The van der Waals surface area contributed by atoms with Crippen molar-refractivity contribution >= 4 is 74.8 Å². The molecule has 1 aromatic heterocycles. The summed E-state index contributed by atoms with van der Waals surface area (Å²) in [4.78, 5) is 31.8. The lowest BCUT2D eigenvalue weighted by atomic mass is 10.1. The third kappa shape index (κ3) is 5.12. The summed E-state index contributed by atoms with van der Waals surface area (Å²) in [6.45, 7) is 0. The molecule has 4 rings (SSSR count). The van der Waals surface area contributed by atoms with Crippen LogP contribution in [0.1, 0.15) is 10.5 Å². The Balaban J connectivity index is 1.52. The van der Waals surface area contributed by atoms with Gasteiger partial charge in [-0.2, -0.15) is 0 Å². The number of carbonyl (C=O) groups is 2. The Hall–Kier alpha value is -3.10. The van der Waals surface area contributed by atoms with E-state index in [9.17, 15) is 9.59 Å². The summed E-state index contributed by atoms with van der Waals surface area (Å²) in [5.41, 5.74) is 0.0919. The van der Waals surface area contributed by atoms with Crippen molar-refractivity contribution in [2.24, 2.45) is 0 Å². The predicted octanol–water partition coefficient (Wildman–Crippen LogP) is 7.00. The van der Waals surface area contributed by atoms with Gasteiger partial charge in [-0.3, -0.25) is 10.1 Å². The topological polar surface area (TPSA) is 93.2 Å². The Bertz CT molecular complexity index is 1370. The van der Waals surface area contributed by atoms with Crippen LogP contribution < -0.4 is 15.4 Å². The molecule has 0 aliphatic carbocycles. The maximum absolute atomic E-state index is 12.2. The van der Waals surface area contributed by atoms with Crippen LogP contribution in [0, 0.1) is 0 Å². The zero-order valence-electron chi connectivity index (χ0n) is 16.4. The quantitative estimate of drug-likeness (QED) is 0.301. The second-order valence-corrected chi connectivity index (χ2v) is 8.22. The van der Waals surface area contributed by atoms with Crippen molar-refractivity contribution in [3.63, 3.8) is 0 Å². The van der Waals surface area contributed by atoms with Crippen molar-refractivity contribution < 1.29 is 14.3 Å². The predicted molar refractivity (Wildman–Crippen MR) is 129 cm³/mol. The molecule has 0 saturated carbocycles. The van der Waals surface area contributed by atoms with Crippen LogP contribution >= 0.6 is 46.4 Å². The van der Waals surface area contributed by atoms with Crippen LogP contribution in [0.5, 0.6) is 11.5 Å². The van der Waals surface area contributed by atoms with E-state index in [1.807, 2.05) is 24.3 Å². The standard InChI is InChI=1S/C22H12Cl4N4O3/c23-14-5-6-18(13-4-2-1-3-12(13)14)33-20-15(24)7-11(8-16(20)25)29-22(32)30-21(31)19-17(26)9-27-10-28-19/h1-10H,(H2,29,30,31,32). The number of halogens is 4.